The highest BCUT2D eigenvalue weighted by atomic mass is 16.5. The zero-order valence-electron chi connectivity index (χ0n) is 8.99. The average molecular weight is 222 g/mol. The van der Waals surface area contributed by atoms with Crippen molar-refractivity contribution in [2.75, 3.05) is 19.0 Å². The normalized spacial score (nSPS) is 9.56. The maximum atomic E-state index is 10.4. The van der Waals surface area contributed by atoms with Gasteiger partial charge in [0.05, 0.1) is 19.1 Å². The molecular formula is C11H14N2O3. The lowest BCUT2D eigenvalue weighted by Crippen LogP contribution is -2.11. The zero-order valence-corrected chi connectivity index (χ0v) is 8.99. The number of nitrogens with one attached hydrogen (secondary N) is 2. The summed E-state index contributed by atoms with van der Waals surface area (Å²) in [5, 5.41) is 19.0. The third-order valence-electron chi connectivity index (χ3n) is 2.03. The van der Waals surface area contributed by atoms with Gasteiger partial charge < -0.3 is 15.2 Å². The molecule has 0 heterocycles. The number of benzene rings is 1. The minimum absolute atomic E-state index is 0.0364. The lowest BCUT2D eigenvalue weighted by Gasteiger charge is -2.10. The first-order valence-corrected chi connectivity index (χ1v) is 4.82. The minimum atomic E-state index is -0.855. The highest BCUT2D eigenvalue weighted by molar-refractivity contribution is 5.97. The van der Waals surface area contributed by atoms with Crippen LogP contribution in [-0.4, -0.2) is 30.6 Å². The number of anilines is 1. The maximum Gasteiger partial charge on any atom is 0.305 e. The number of carbonyl (C=O) groups is 1. The summed E-state index contributed by atoms with van der Waals surface area (Å²) < 4.78 is 4.83. The molecule has 0 aliphatic carbocycles. The van der Waals surface area contributed by atoms with Crippen molar-refractivity contribution in [1.82, 2.24) is 0 Å². The van der Waals surface area contributed by atoms with Gasteiger partial charge in [0.1, 0.15) is 0 Å². The van der Waals surface area contributed by atoms with E-state index in [-0.39, 0.29) is 12.3 Å². The van der Waals surface area contributed by atoms with Crippen molar-refractivity contribution in [3.8, 4) is 0 Å². The highest BCUT2D eigenvalue weighted by Gasteiger charge is 2.07. The van der Waals surface area contributed by atoms with E-state index in [2.05, 4.69) is 5.32 Å². The molecule has 1 rings (SSSR count). The number of methoxy groups -OCH3 is 1. The molecule has 0 aromatic heterocycles. The molecule has 3 N–H and O–H groups in total. The van der Waals surface area contributed by atoms with Gasteiger partial charge in [0.15, 0.2) is 0 Å². The molecule has 5 heteroatoms. The van der Waals surface area contributed by atoms with Crippen molar-refractivity contribution in [2.45, 2.75) is 6.42 Å². The number of carboxylic acid groups (broad SMARTS) is 1. The van der Waals surface area contributed by atoms with E-state index < -0.39 is 5.97 Å². The van der Waals surface area contributed by atoms with Gasteiger partial charge in [-0.15, -0.1) is 0 Å². The Balaban J connectivity index is 2.71. The van der Waals surface area contributed by atoms with Crippen LogP contribution >= 0.6 is 0 Å². The van der Waals surface area contributed by atoms with E-state index in [1.165, 1.54) is 7.11 Å². The topological polar surface area (TPSA) is 82.4 Å². The quantitative estimate of drug-likeness (QED) is 0.521. The Labute approximate surface area is 93.6 Å². The molecule has 0 fully saturated rings. The number of carboxylic acids is 1. The van der Waals surface area contributed by atoms with E-state index in [1.54, 1.807) is 18.2 Å². The van der Waals surface area contributed by atoms with Crippen LogP contribution in [0, 0.1) is 5.41 Å². The molecule has 5 nitrogen and oxygen atoms in total. The predicted molar refractivity (Wildman–Crippen MR) is 61.0 cm³/mol. The van der Waals surface area contributed by atoms with Crippen LogP contribution in [0.4, 0.5) is 5.69 Å². The van der Waals surface area contributed by atoms with Crippen LogP contribution in [0.2, 0.25) is 0 Å². The van der Waals surface area contributed by atoms with Crippen LogP contribution in [0.15, 0.2) is 24.3 Å². The summed E-state index contributed by atoms with van der Waals surface area (Å²) in [7, 11) is 1.43. The Kier molecular flexibility index (Phi) is 4.32. The van der Waals surface area contributed by atoms with Crippen molar-refractivity contribution in [1.29, 1.82) is 5.41 Å². The van der Waals surface area contributed by atoms with E-state index in [1.807, 2.05) is 6.07 Å². The molecule has 1 aromatic rings. The molecule has 86 valence electrons. The number of aliphatic carboxylic acids is 1. The molecule has 0 aliphatic rings. The van der Waals surface area contributed by atoms with Gasteiger partial charge >= 0.3 is 5.97 Å². The van der Waals surface area contributed by atoms with Gasteiger partial charge in [-0.1, -0.05) is 12.1 Å². The zero-order chi connectivity index (χ0) is 12.0. The number of ether oxygens (including phenoxy) is 1. The molecule has 0 saturated carbocycles. The minimum Gasteiger partial charge on any atom is -0.481 e. The number of rotatable bonds is 5. The van der Waals surface area contributed by atoms with Crippen molar-refractivity contribution in [3.05, 3.63) is 29.8 Å². The lowest BCUT2D eigenvalue weighted by atomic mass is 10.1. The van der Waals surface area contributed by atoms with E-state index in [4.69, 9.17) is 15.3 Å². The van der Waals surface area contributed by atoms with E-state index in [0.717, 1.165) is 0 Å². The summed E-state index contributed by atoms with van der Waals surface area (Å²) in [5.74, 6) is -0.801. The van der Waals surface area contributed by atoms with Crippen molar-refractivity contribution in [2.24, 2.45) is 0 Å². The van der Waals surface area contributed by atoms with Gasteiger partial charge in [-0.25, -0.2) is 0 Å². The van der Waals surface area contributed by atoms with Crippen molar-refractivity contribution < 1.29 is 14.6 Å². The van der Waals surface area contributed by atoms with E-state index >= 15 is 0 Å². The monoisotopic (exact) mass is 222 g/mol. The first-order valence-electron chi connectivity index (χ1n) is 4.82. The molecule has 0 spiro atoms. The van der Waals surface area contributed by atoms with Gasteiger partial charge in [-0.3, -0.25) is 10.2 Å². The Morgan fingerprint density at radius 1 is 1.50 bits per heavy atom. The smallest absolute Gasteiger partial charge is 0.305 e. The van der Waals surface area contributed by atoms with Crippen molar-refractivity contribution >= 4 is 17.6 Å². The van der Waals surface area contributed by atoms with Crippen LogP contribution < -0.4 is 5.32 Å². The van der Waals surface area contributed by atoms with Crippen LogP contribution in [0.1, 0.15) is 12.0 Å². The molecular weight excluding hydrogens is 208 g/mol. The molecule has 0 atom stereocenters. The van der Waals surface area contributed by atoms with Gasteiger partial charge in [-0.2, -0.15) is 0 Å². The summed E-state index contributed by atoms with van der Waals surface area (Å²) in [6.07, 6.45) is 0.0364. The highest BCUT2D eigenvalue weighted by Crippen LogP contribution is 2.15. The Morgan fingerprint density at radius 2 is 2.19 bits per heavy atom. The summed E-state index contributed by atoms with van der Waals surface area (Å²) in [6, 6.07) is 7.14. The molecule has 0 amide bonds. The fourth-order valence-corrected chi connectivity index (χ4v) is 1.25. The Hall–Kier alpha value is -2.04. The van der Waals surface area contributed by atoms with Crippen LogP contribution in [0.5, 0.6) is 0 Å². The standard InChI is InChI=1S/C11H14N2O3/c1-16-11(12)8-4-2-3-5-9(8)13-7-6-10(14)15/h2-5,12-13H,6-7H2,1H3,(H,14,15). The summed E-state index contributed by atoms with van der Waals surface area (Å²) >= 11 is 0. The second kappa shape index (κ2) is 5.75. The lowest BCUT2D eigenvalue weighted by molar-refractivity contribution is -0.136. The van der Waals surface area contributed by atoms with Crippen LogP contribution in [0.3, 0.4) is 0 Å². The maximum absolute atomic E-state index is 10.4. The third-order valence-corrected chi connectivity index (χ3v) is 2.03. The van der Waals surface area contributed by atoms with Gasteiger partial charge in [0.25, 0.3) is 0 Å². The molecule has 1 aromatic carbocycles. The number of hydrogen-bond acceptors (Lipinski definition) is 4. The van der Waals surface area contributed by atoms with E-state index in [9.17, 15) is 4.79 Å². The summed E-state index contributed by atoms with van der Waals surface area (Å²) in [5.41, 5.74) is 1.32. The summed E-state index contributed by atoms with van der Waals surface area (Å²) in [6.45, 7) is 0.323. The van der Waals surface area contributed by atoms with Gasteiger partial charge in [0.2, 0.25) is 5.90 Å². The largest absolute Gasteiger partial charge is 0.481 e. The van der Waals surface area contributed by atoms with E-state index in [0.29, 0.717) is 17.8 Å². The fourth-order valence-electron chi connectivity index (χ4n) is 1.25. The Morgan fingerprint density at radius 3 is 2.81 bits per heavy atom. The molecule has 0 unspecified atom stereocenters. The second-order valence-corrected chi connectivity index (χ2v) is 3.15. The summed E-state index contributed by atoms with van der Waals surface area (Å²) in [4.78, 5) is 10.4. The number of hydrogen-bond donors (Lipinski definition) is 3. The Bertz CT molecular complexity index is 391. The average Bonchev–Trinajstić information content (AvgIpc) is 2.28. The molecule has 0 bridgehead atoms. The van der Waals surface area contributed by atoms with Gasteiger partial charge in [0, 0.05) is 12.2 Å². The molecule has 16 heavy (non-hydrogen) atoms. The first-order chi connectivity index (χ1) is 7.65. The third kappa shape index (κ3) is 3.27. The molecule has 0 aliphatic heterocycles. The second-order valence-electron chi connectivity index (χ2n) is 3.15. The first kappa shape index (κ1) is 12.0. The molecule has 0 radical (unpaired) electrons. The predicted octanol–water partition coefficient (Wildman–Crippen LogP) is 1.54. The molecule has 0 saturated heterocycles. The van der Waals surface area contributed by atoms with Gasteiger partial charge in [-0.05, 0) is 12.1 Å². The number of para-hydroxylation sites is 1. The van der Waals surface area contributed by atoms with Crippen LogP contribution in [-0.2, 0) is 9.53 Å². The SMILES string of the molecule is COC(=N)c1ccccc1NCCC(=O)O. The van der Waals surface area contributed by atoms with Crippen molar-refractivity contribution in [3.63, 3.8) is 0 Å². The van der Waals surface area contributed by atoms with Crippen LogP contribution in [0.25, 0.3) is 0 Å². The fraction of sp³-hybridized carbons (Fsp3) is 0.273.